The molecule has 2 atom stereocenters. The standard InChI is InChI=1S/C16H21NO3/c1-12(2)10-16(20-4)8-6-5-7-14(16)9-13(11-17)15(18)19-3/h5-9,12,14H,10H2,1-4H3. The minimum atomic E-state index is -0.620. The summed E-state index contributed by atoms with van der Waals surface area (Å²) in [7, 11) is 2.92. The molecule has 1 aliphatic carbocycles. The van der Waals surface area contributed by atoms with E-state index in [4.69, 9.17) is 10.00 Å². The van der Waals surface area contributed by atoms with Crippen molar-refractivity contribution in [3.63, 3.8) is 0 Å². The molecule has 0 heterocycles. The number of rotatable bonds is 5. The van der Waals surface area contributed by atoms with Crippen LogP contribution in [0.2, 0.25) is 0 Å². The highest BCUT2D eigenvalue weighted by Crippen LogP contribution is 2.35. The zero-order valence-electron chi connectivity index (χ0n) is 12.4. The van der Waals surface area contributed by atoms with Crippen LogP contribution >= 0.6 is 0 Å². The predicted octanol–water partition coefficient (Wildman–Crippen LogP) is 2.78. The Kier molecular flexibility index (Phi) is 5.72. The van der Waals surface area contributed by atoms with Crippen molar-refractivity contribution in [2.24, 2.45) is 11.8 Å². The Balaban J connectivity index is 3.15. The third kappa shape index (κ3) is 3.58. The van der Waals surface area contributed by atoms with Crippen LogP contribution in [0.4, 0.5) is 0 Å². The van der Waals surface area contributed by atoms with E-state index in [0.29, 0.717) is 5.92 Å². The first-order valence-electron chi connectivity index (χ1n) is 6.60. The minimum Gasteiger partial charge on any atom is -0.465 e. The lowest BCUT2D eigenvalue weighted by molar-refractivity contribution is -0.135. The first-order chi connectivity index (χ1) is 9.49. The molecule has 0 N–H and O–H groups in total. The molecule has 0 amide bonds. The molecule has 0 aliphatic heterocycles. The second-order valence-corrected chi connectivity index (χ2v) is 5.21. The fourth-order valence-electron chi connectivity index (χ4n) is 2.44. The summed E-state index contributed by atoms with van der Waals surface area (Å²) in [6.45, 7) is 4.22. The molecule has 0 radical (unpaired) electrons. The van der Waals surface area contributed by atoms with Gasteiger partial charge in [0.2, 0.25) is 0 Å². The van der Waals surface area contributed by atoms with Crippen molar-refractivity contribution >= 4 is 5.97 Å². The molecule has 0 fully saturated rings. The quantitative estimate of drug-likeness (QED) is 0.440. The maximum Gasteiger partial charge on any atom is 0.348 e. The SMILES string of the molecule is COC(=O)C(C#N)=CC1C=CC=CC1(CC(C)C)OC. The molecule has 1 aliphatic rings. The Hall–Kier alpha value is -1.86. The average Bonchev–Trinajstić information content (AvgIpc) is 2.44. The molecule has 108 valence electrons. The number of carbonyl (C=O) groups is 1. The van der Waals surface area contributed by atoms with Crippen LogP contribution in [-0.4, -0.2) is 25.8 Å². The Morgan fingerprint density at radius 2 is 2.15 bits per heavy atom. The normalized spacial score (nSPS) is 25.6. The Morgan fingerprint density at radius 1 is 1.45 bits per heavy atom. The van der Waals surface area contributed by atoms with Gasteiger partial charge in [0.15, 0.2) is 0 Å². The van der Waals surface area contributed by atoms with Crippen LogP contribution in [0.1, 0.15) is 20.3 Å². The van der Waals surface area contributed by atoms with Crippen molar-refractivity contribution in [2.75, 3.05) is 14.2 Å². The summed E-state index contributed by atoms with van der Waals surface area (Å²) in [5, 5.41) is 9.08. The number of nitriles is 1. The van der Waals surface area contributed by atoms with Crippen molar-refractivity contribution in [3.05, 3.63) is 36.0 Å². The van der Waals surface area contributed by atoms with Crippen LogP contribution in [0, 0.1) is 23.2 Å². The predicted molar refractivity (Wildman–Crippen MR) is 76.7 cm³/mol. The summed E-state index contributed by atoms with van der Waals surface area (Å²) in [6, 6.07) is 1.89. The number of methoxy groups -OCH3 is 2. The van der Waals surface area contributed by atoms with Crippen LogP contribution in [-0.2, 0) is 14.3 Å². The maximum atomic E-state index is 11.5. The molecule has 0 aromatic heterocycles. The van der Waals surface area contributed by atoms with Crippen molar-refractivity contribution in [2.45, 2.75) is 25.9 Å². The van der Waals surface area contributed by atoms with Crippen molar-refractivity contribution in [3.8, 4) is 6.07 Å². The van der Waals surface area contributed by atoms with Gasteiger partial charge in [0.25, 0.3) is 0 Å². The first-order valence-corrected chi connectivity index (χ1v) is 6.60. The highest BCUT2D eigenvalue weighted by molar-refractivity contribution is 5.92. The van der Waals surface area contributed by atoms with Gasteiger partial charge in [-0.05, 0) is 18.4 Å². The van der Waals surface area contributed by atoms with E-state index in [1.165, 1.54) is 7.11 Å². The Morgan fingerprint density at radius 3 is 2.65 bits per heavy atom. The lowest BCUT2D eigenvalue weighted by atomic mass is 9.77. The van der Waals surface area contributed by atoms with Gasteiger partial charge in [0, 0.05) is 13.0 Å². The topological polar surface area (TPSA) is 59.3 Å². The molecular formula is C16H21NO3. The summed E-state index contributed by atoms with van der Waals surface area (Å²) in [5.74, 6) is -0.371. The zero-order valence-corrected chi connectivity index (χ0v) is 12.4. The van der Waals surface area contributed by atoms with E-state index in [9.17, 15) is 4.79 Å². The van der Waals surface area contributed by atoms with Crippen LogP contribution in [0.15, 0.2) is 36.0 Å². The fraction of sp³-hybridized carbons (Fsp3) is 0.500. The Bertz CT molecular complexity index is 482. The highest BCUT2D eigenvalue weighted by atomic mass is 16.5. The fourth-order valence-corrected chi connectivity index (χ4v) is 2.44. The molecule has 0 aromatic rings. The molecule has 0 bridgehead atoms. The molecule has 1 rings (SSSR count). The van der Waals surface area contributed by atoms with Gasteiger partial charge in [0.1, 0.15) is 11.6 Å². The van der Waals surface area contributed by atoms with Crippen LogP contribution in [0.3, 0.4) is 0 Å². The molecule has 0 aromatic carbocycles. The van der Waals surface area contributed by atoms with Gasteiger partial charge in [0.05, 0.1) is 12.7 Å². The number of allylic oxidation sites excluding steroid dienone is 2. The van der Waals surface area contributed by atoms with Crippen molar-refractivity contribution in [1.29, 1.82) is 5.26 Å². The lowest BCUT2D eigenvalue weighted by Gasteiger charge is -2.37. The number of nitrogens with zero attached hydrogens (tertiary/aromatic N) is 1. The number of hydrogen-bond donors (Lipinski definition) is 0. The number of hydrogen-bond acceptors (Lipinski definition) is 4. The third-order valence-electron chi connectivity index (χ3n) is 3.35. The number of ether oxygens (including phenoxy) is 2. The summed E-state index contributed by atoms with van der Waals surface area (Å²) >= 11 is 0. The molecule has 0 saturated carbocycles. The van der Waals surface area contributed by atoms with Gasteiger partial charge in [-0.2, -0.15) is 5.26 Å². The van der Waals surface area contributed by atoms with Crippen LogP contribution in [0.25, 0.3) is 0 Å². The lowest BCUT2D eigenvalue weighted by Crippen LogP contribution is -2.39. The summed E-state index contributed by atoms with van der Waals surface area (Å²) in [6.07, 6.45) is 10.2. The smallest absolute Gasteiger partial charge is 0.348 e. The number of carbonyl (C=O) groups excluding carboxylic acids is 1. The largest absolute Gasteiger partial charge is 0.465 e. The summed E-state index contributed by atoms with van der Waals surface area (Å²) in [5.41, 5.74) is -0.526. The summed E-state index contributed by atoms with van der Waals surface area (Å²) in [4.78, 5) is 11.5. The van der Waals surface area contributed by atoms with E-state index < -0.39 is 11.6 Å². The molecule has 0 spiro atoms. The molecule has 0 saturated heterocycles. The molecule has 20 heavy (non-hydrogen) atoms. The van der Waals surface area contributed by atoms with Gasteiger partial charge in [-0.1, -0.05) is 38.2 Å². The average molecular weight is 275 g/mol. The molecule has 2 unspecified atom stereocenters. The molecule has 4 heteroatoms. The van der Waals surface area contributed by atoms with Crippen LogP contribution in [0.5, 0.6) is 0 Å². The number of esters is 1. The zero-order chi connectivity index (χ0) is 15.2. The third-order valence-corrected chi connectivity index (χ3v) is 3.35. The van der Waals surface area contributed by atoms with Crippen LogP contribution < -0.4 is 0 Å². The van der Waals surface area contributed by atoms with E-state index in [1.807, 2.05) is 30.4 Å². The highest BCUT2D eigenvalue weighted by Gasteiger charge is 2.36. The van der Waals surface area contributed by atoms with Gasteiger partial charge in [-0.15, -0.1) is 0 Å². The van der Waals surface area contributed by atoms with Crippen molar-refractivity contribution < 1.29 is 14.3 Å². The molecule has 4 nitrogen and oxygen atoms in total. The van der Waals surface area contributed by atoms with Gasteiger partial charge in [-0.3, -0.25) is 0 Å². The second kappa shape index (κ2) is 7.06. The monoisotopic (exact) mass is 275 g/mol. The van der Waals surface area contributed by atoms with Crippen molar-refractivity contribution in [1.82, 2.24) is 0 Å². The van der Waals surface area contributed by atoms with E-state index >= 15 is 0 Å². The maximum absolute atomic E-state index is 11.5. The van der Waals surface area contributed by atoms with E-state index in [-0.39, 0.29) is 11.5 Å². The van der Waals surface area contributed by atoms with E-state index in [0.717, 1.165) is 6.42 Å². The van der Waals surface area contributed by atoms with E-state index in [1.54, 1.807) is 13.2 Å². The van der Waals surface area contributed by atoms with Gasteiger partial charge in [-0.25, -0.2) is 4.79 Å². The van der Waals surface area contributed by atoms with Gasteiger partial charge >= 0.3 is 5.97 Å². The summed E-state index contributed by atoms with van der Waals surface area (Å²) < 4.78 is 10.3. The second-order valence-electron chi connectivity index (χ2n) is 5.21. The van der Waals surface area contributed by atoms with E-state index in [2.05, 4.69) is 18.6 Å². The van der Waals surface area contributed by atoms with Gasteiger partial charge < -0.3 is 9.47 Å². The first kappa shape index (κ1) is 16.2. The minimum absolute atomic E-state index is 0.00244. The Labute approximate surface area is 120 Å². The molecular weight excluding hydrogens is 254 g/mol.